The highest BCUT2D eigenvalue weighted by Crippen LogP contribution is 2.13. The maximum absolute atomic E-state index is 12.0. The minimum Gasteiger partial charge on any atom is -0.475 e. The Morgan fingerprint density at radius 1 is 1.36 bits per heavy atom. The summed E-state index contributed by atoms with van der Waals surface area (Å²) in [7, 11) is 0. The number of pyridine rings is 1. The van der Waals surface area contributed by atoms with Gasteiger partial charge in [0.1, 0.15) is 0 Å². The molecule has 1 aliphatic heterocycles. The number of carbonyl (C=O) groups excluding carboxylic acids is 3. The fourth-order valence-corrected chi connectivity index (χ4v) is 2.02. The second kappa shape index (κ2) is 9.64. The lowest BCUT2D eigenvalue weighted by atomic mass is 10.1. The topological polar surface area (TPSA) is 155 Å². The maximum atomic E-state index is 12.0. The molecule has 0 atom stereocenters. The highest BCUT2D eigenvalue weighted by atomic mass is 19.4. The van der Waals surface area contributed by atoms with Gasteiger partial charge in [0.2, 0.25) is 5.91 Å². The third-order valence-corrected chi connectivity index (χ3v) is 3.40. The summed E-state index contributed by atoms with van der Waals surface area (Å²) in [6, 6.07) is 2.92. The molecule has 1 aromatic heterocycles. The quantitative estimate of drug-likeness (QED) is 0.493. The molecular weight excluding hydrogens is 387 g/mol. The van der Waals surface area contributed by atoms with Crippen LogP contribution in [0.15, 0.2) is 12.1 Å². The first-order valence-corrected chi connectivity index (χ1v) is 7.80. The highest BCUT2D eigenvalue weighted by molar-refractivity contribution is 6.02. The molecule has 0 saturated carbocycles. The van der Waals surface area contributed by atoms with Gasteiger partial charge in [0.25, 0.3) is 5.91 Å². The van der Waals surface area contributed by atoms with Crippen LogP contribution in [0, 0.1) is 6.92 Å². The number of aryl methyl sites for hydroxylation is 1. The average molecular weight is 405 g/mol. The number of nitrogens with zero attached hydrogens (tertiary/aromatic N) is 2. The molecule has 28 heavy (non-hydrogen) atoms. The number of rotatable bonds is 5. The number of amides is 4. The van der Waals surface area contributed by atoms with Crippen molar-refractivity contribution in [2.45, 2.75) is 19.6 Å². The first-order valence-electron chi connectivity index (χ1n) is 7.80. The predicted octanol–water partition coefficient (Wildman–Crippen LogP) is -0.236. The minimum atomic E-state index is -5.08. The molecule has 1 saturated heterocycles. The SMILES string of the molecule is Cc1nc(CN)ccc1C(=O)NCCN1C(=O)CNC1=O.O=C(O)C(F)(F)F. The zero-order valence-corrected chi connectivity index (χ0v) is 14.7. The molecule has 5 N–H and O–H groups in total. The van der Waals surface area contributed by atoms with E-state index in [2.05, 4.69) is 15.6 Å². The summed E-state index contributed by atoms with van der Waals surface area (Å²) in [4.78, 5) is 48.9. The second-order valence-corrected chi connectivity index (χ2v) is 5.40. The molecule has 0 radical (unpaired) electrons. The molecule has 1 fully saturated rings. The number of carboxylic acids is 1. The lowest BCUT2D eigenvalue weighted by Crippen LogP contribution is -2.38. The molecule has 0 spiro atoms. The number of aliphatic carboxylic acids is 1. The molecule has 154 valence electrons. The Kier molecular flexibility index (Phi) is 7.86. The van der Waals surface area contributed by atoms with E-state index in [1.54, 1.807) is 19.1 Å². The average Bonchev–Trinajstić information content (AvgIpc) is 2.93. The van der Waals surface area contributed by atoms with Crippen LogP contribution in [0.1, 0.15) is 21.7 Å². The second-order valence-electron chi connectivity index (χ2n) is 5.40. The normalized spacial score (nSPS) is 13.5. The molecule has 4 amide bonds. The van der Waals surface area contributed by atoms with Crippen molar-refractivity contribution < 1.29 is 37.5 Å². The van der Waals surface area contributed by atoms with Gasteiger partial charge in [-0.15, -0.1) is 0 Å². The third kappa shape index (κ3) is 6.50. The number of aromatic nitrogens is 1. The predicted molar refractivity (Wildman–Crippen MR) is 88.0 cm³/mol. The molecule has 0 aliphatic carbocycles. The molecule has 0 bridgehead atoms. The summed E-state index contributed by atoms with van der Waals surface area (Å²) in [5, 5.41) is 12.2. The van der Waals surface area contributed by atoms with E-state index in [0.29, 0.717) is 23.5 Å². The number of carbonyl (C=O) groups is 4. The van der Waals surface area contributed by atoms with Gasteiger partial charge >= 0.3 is 18.2 Å². The summed E-state index contributed by atoms with van der Waals surface area (Å²) in [5.41, 5.74) is 7.23. The monoisotopic (exact) mass is 405 g/mol. The van der Waals surface area contributed by atoms with Gasteiger partial charge in [-0.1, -0.05) is 0 Å². The molecule has 0 aromatic carbocycles. The first kappa shape index (κ1) is 22.8. The van der Waals surface area contributed by atoms with Crippen LogP contribution in [0.4, 0.5) is 18.0 Å². The molecule has 1 aromatic rings. The Morgan fingerprint density at radius 3 is 2.39 bits per heavy atom. The van der Waals surface area contributed by atoms with Crippen molar-refractivity contribution in [1.82, 2.24) is 20.5 Å². The number of nitrogens with one attached hydrogen (secondary N) is 2. The van der Waals surface area contributed by atoms with E-state index < -0.39 is 18.2 Å². The van der Waals surface area contributed by atoms with Gasteiger partial charge in [0.05, 0.1) is 23.5 Å². The van der Waals surface area contributed by atoms with Crippen LogP contribution in [0.3, 0.4) is 0 Å². The largest absolute Gasteiger partial charge is 0.490 e. The number of nitrogens with two attached hydrogens (primary N) is 1. The summed E-state index contributed by atoms with van der Waals surface area (Å²) >= 11 is 0. The Labute approximate surface area is 156 Å². The Hall–Kier alpha value is -3.22. The molecule has 13 heteroatoms. The van der Waals surface area contributed by atoms with E-state index in [1.807, 2.05) is 0 Å². The summed E-state index contributed by atoms with van der Waals surface area (Å²) < 4.78 is 31.7. The number of alkyl halides is 3. The van der Waals surface area contributed by atoms with E-state index in [1.165, 1.54) is 0 Å². The van der Waals surface area contributed by atoms with Gasteiger partial charge in [0, 0.05) is 19.6 Å². The van der Waals surface area contributed by atoms with Crippen molar-refractivity contribution in [3.63, 3.8) is 0 Å². The molecule has 2 rings (SSSR count). The first-order chi connectivity index (χ1) is 13.0. The van der Waals surface area contributed by atoms with Crippen LogP contribution in [-0.2, 0) is 16.1 Å². The van der Waals surface area contributed by atoms with Gasteiger partial charge in [-0.3, -0.25) is 19.5 Å². The maximum Gasteiger partial charge on any atom is 0.490 e. The van der Waals surface area contributed by atoms with Crippen molar-refractivity contribution in [1.29, 1.82) is 0 Å². The van der Waals surface area contributed by atoms with Crippen molar-refractivity contribution in [3.05, 3.63) is 29.1 Å². The zero-order valence-electron chi connectivity index (χ0n) is 14.7. The fourth-order valence-electron chi connectivity index (χ4n) is 2.02. The number of hydrogen-bond donors (Lipinski definition) is 4. The van der Waals surface area contributed by atoms with E-state index in [9.17, 15) is 27.6 Å². The van der Waals surface area contributed by atoms with Crippen molar-refractivity contribution in [2.24, 2.45) is 5.73 Å². The minimum absolute atomic E-state index is 0.0103. The standard InChI is InChI=1S/C13H17N5O3.C2HF3O2/c1-8-10(3-2-9(6-14)17-8)12(20)15-4-5-18-11(19)7-16-13(18)21;3-2(4,5)1(6)7/h2-3H,4-7,14H2,1H3,(H,15,20)(H,16,21);(H,6,7). The Morgan fingerprint density at radius 2 is 1.96 bits per heavy atom. The zero-order chi connectivity index (χ0) is 21.5. The van der Waals surface area contributed by atoms with Crippen LogP contribution in [0.5, 0.6) is 0 Å². The van der Waals surface area contributed by atoms with Crippen LogP contribution < -0.4 is 16.4 Å². The Bertz CT molecular complexity index is 753. The van der Waals surface area contributed by atoms with Crippen LogP contribution in [0.25, 0.3) is 0 Å². The number of halogens is 3. The van der Waals surface area contributed by atoms with E-state index in [0.717, 1.165) is 4.90 Å². The van der Waals surface area contributed by atoms with Gasteiger partial charge in [-0.2, -0.15) is 13.2 Å². The molecule has 10 nitrogen and oxygen atoms in total. The van der Waals surface area contributed by atoms with Crippen molar-refractivity contribution >= 4 is 23.8 Å². The van der Waals surface area contributed by atoms with Gasteiger partial charge < -0.3 is 21.5 Å². The number of urea groups is 1. The summed E-state index contributed by atoms with van der Waals surface area (Å²) in [5.74, 6) is -3.34. The smallest absolute Gasteiger partial charge is 0.475 e. The van der Waals surface area contributed by atoms with E-state index in [-0.39, 0.29) is 31.4 Å². The van der Waals surface area contributed by atoms with E-state index >= 15 is 0 Å². The van der Waals surface area contributed by atoms with Crippen LogP contribution >= 0.6 is 0 Å². The summed E-state index contributed by atoms with van der Waals surface area (Å²) in [6.45, 7) is 2.39. The van der Waals surface area contributed by atoms with Crippen LogP contribution in [-0.4, -0.2) is 64.6 Å². The van der Waals surface area contributed by atoms with Crippen molar-refractivity contribution in [2.75, 3.05) is 19.6 Å². The molecule has 2 heterocycles. The highest BCUT2D eigenvalue weighted by Gasteiger charge is 2.38. The molecule has 1 aliphatic rings. The lowest BCUT2D eigenvalue weighted by Gasteiger charge is -2.13. The molecular formula is C15H18F3N5O5. The number of hydrogen-bond acceptors (Lipinski definition) is 6. The Balaban J connectivity index is 0.000000480. The van der Waals surface area contributed by atoms with Gasteiger partial charge in [0.15, 0.2) is 0 Å². The summed E-state index contributed by atoms with van der Waals surface area (Å²) in [6.07, 6.45) is -5.08. The fraction of sp³-hybridized carbons (Fsp3) is 0.400. The van der Waals surface area contributed by atoms with Gasteiger partial charge in [-0.05, 0) is 19.1 Å². The number of carboxylic acid groups (broad SMARTS) is 1. The van der Waals surface area contributed by atoms with E-state index in [4.69, 9.17) is 15.6 Å². The van der Waals surface area contributed by atoms with Crippen molar-refractivity contribution in [3.8, 4) is 0 Å². The van der Waals surface area contributed by atoms with Gasteiger partial charge in [-0.25, -0.2) is 9.59 Å². The lowest BCUT2D eigenvalue weighted by molar-refractivity contribution is -0.192. The third-order valence-electron chi connectivity index (χ3n) is 3.40. The van der Waals surface area contributed by atoms with Crippen LogP contribution in [0.2, 0.25) is 0 Å². The number of imide groups is 1. The molecule has 0 unspecified atom stereocenters.